The average molecular weight is 559 g/mol. The van der Waals surface area contributed by atoms with Crippen molar-refractivity contribution in [1.82, 2.24) is 9.80 Å². The van der Waals surface area contributed by atoms with Crippen molar-refractivity contribution in [2.24, 2.45) is 33.5 Å². The molecular weight excluding hydrogens is 512 g/mol. The predicted octanol–water partition coefficient (Wildman–Crippen LogP) is 4.62. The zero-order chi connectivity index (χ0) is 28.8. The smallest absolute Gasteiger partial charge is 0.219 e. The number of amides is 1. The Morgan fingerprint density at radius 2 is 1.56 bits per heavy atom. The highest BCUT2D eigenvalue weighted by molar-refractivity contribution is 6.10. The normalized spacial score (nSPS) is 45.0. The molecule has 8 atom stereocenters. The van der Waals surface area contributed by atoms with Gasteiger partial charge in [-0.05, 0) is 62.2 Å². The minimum absolute atomic E-state index is 0.0213. The fourth-order valence-corrected chi connectivity index (χ4v) is 10.9. The first-order valence-electron chi connectivity index (χ1n) is 15.9. The number of ketones is 1. The highest BCUT2D eigenvalue weighted by Gasteiger charge is 2.74. The number of carbonyl (C=O) groups is 2. The lowest BCUT2D eigenvalue weighted by molar-refractivity contribution is -0.177. The van der Waals surface area contributed by atoms with Gasteiger partial charge in [0.15, 0.2) is 5.78 Å². The van der Waals surface area contributed by atoms with Crippen LogP contribution in [0.1, 0.15) is 76.1 Å². The summed E-state index contributed by atoms with van der Waals surface area (Å²) in [6.07, 6.45) is 12.7. The van der Waals surface area contributed by atoms with E-state index in [0.29, 0.717) is 32.0 Å². The zero-order valence-electron chi connectivity index (χ0n) is 24.9. The number of hydrogen-bond donors (Lipinski definition) is 2. The van der Waals surface area contributed by atoms with Gasteiger partial charge in [-0.25, -0.2) is 0 Å². The Hall–Kier alpha value is -2.28. The second-order valence-corrected chi connectivity index (χ2v) is 14.8. The van der Waals surface area contributed by atoms with Crippen molar-refractivity contribution in [3.8, 4) is 0 Å². The molecule has 1 aromatic carbocycles. The molecule has 0 aromatic heterocycles. The maximum absolute atomic E-state index is 14.5. The van der Waals surface area contributed by atoms with Crippen molar-refractivity contribution < 1.29 is 19.8 Å². The summed E-state index contributed by atoms with van der Waals surface area (Å²) in [5.74, 6) is 0.702. The van der Waals surface area contributed by atoms with E-state index in [1.54, 1.807) is 6.92 Å². The van der Waals surface area contributed by atoms with Gasteiger partial charge in [0, 0.05) is 67.0 Å². The molecule has 2 spiro atoms. The maximum atomic E-state index is 14.5. The summed E-state index contributed by atoms with van der Waals surface area (Å²) in [4.78, 5) is 30.6. The van der Waals surface area contributed by atoms with E-state index in [4.69, 9.17) is 0 Å². The molecule has 6 aliphatic carbocycles. The molecule has 8 unspecified atom stereocenters. The van der Waals surface area contributed by atoms with Crippen LogP contribution >= 0.6 is 0 Å². The van der Waals surface area contributed by atoms with Crippen molar-refractivity contribution in [2.45, 2.75) is 77.4 Å². The van der Waals surface area contributed by atoms with Crippen LogP contribution in [0, 0.1) is 33.5 Å². The second kappa shape index (κ2) is 9.11. The number of Topliss-reactive ketones (excluding diaryl/α,β-unsaturated/α-hetero) is 1. The van der Waals surface area contributed by atoms with Crippen LogP contribution in [0.5, 0.6) is 0 Å². The Bertz CT molecular complexity index is 1320. The van der Waals surface area contributed by atoms with Gasteiger partial charge < -0.3 is 15.1 Å². The van der Waals surface area contributed by atoms with Gasteiger partial charge in [-0.3, -0.25) is 14.5 Å². The first-order valence-corrected chi connectivity index (χ1v) is 15.9. The molecule has 1 amide bonds. The van der Waals surface area contributed by atoms with Crippen LogP contribution in [0.4, 0.5) is 0 Å². The van der Waals surface area contributed by atoms with Crippen molar-refractivity contribution in [2.75, 3.05) is 32.7 Å². The molecule has 1 aromatic rings. The number of allylic oxidation sites excluding steroid dienone is 4. The highest BCUT2D eigenvalue weighted by Crippen LogP contribution is 2.78. The molecule has 2 N–H and O–H groups in total. The lowest BCUT2D eigenvalue weighted by atomic mass is 9.32. The second-order valence-electron chi connectivity index (χ2n) is 14.8. The van der Waals surface area contributed by atoms with Gasteiger partial charge in [0.1, 0.15) is 0 Å². The third-order valence-electron chi connectivity index (χ3n) is 13.3. The van der Waals surface area contributed by atoms with E-state index in [2.05, 4.69) is 37.0 Å². The summed E-state index contributed by atoms with van der Waals surface area (Å²) < 4.78 is 0. The molecule has 3 saturated carbocycles. The minimum atomic E-state index is -0.847. The Kier molecular flexibility index (Phi) is 6.12. The molecule has 6 heteroatoms. The van der Waals surface area contributed by atoms with Gasteiger partial charge in [0.25, 0.3) is 0 Å². The standard InChI is InChI=1S/C35H46N2O4/c1-24(38)37-19-17-36(18-20-37)23-34(41)14-11-29-32(34,3)13-10-28-31(2)12-9-26(39)21-33(31)15-16-35(28,29)27(22-33)30(40)25-7-5-4-6-8-25/h4-8,15-16,22,26,28-29,39,41H,9-14,17-21,23H2,1-3H3. The van der Waals surface area contributed by atoms with Crippen LogP contribution in [-0.4, -0.2) is 76.1 Å². The van der Waals surface area contributed by atoms with Gasteiger partial charge in [0.05, 0.1) is 11.7 Å². The van der Waals surface area contributed by atoms with Crippen LogP contribution in [0.2, 0.25) is 0 Å². The molecule has 6 nitrogen and oxygen atoms in total. The first-order chi connectivity index (χ1) is 19.5. The number of nitrogens with zero attached hydrogens (tertiary/aromatic N) is 2. The molecular formula is C35H46N2O4. The Morgan fingerprint density at radius 3 is 2.27 bits per heavy atom. The van der Waals surface area contributed by atoms with Gasteiger partial charge in [-0.15, -0.1) is 0 Å². The van der Waals surface area contributed by atoms with Crippen LogP contribution < -0.4 is 0 Å². The van der Waals surface area contributed by atoms with E-state index in [-0.39, 0.29) is 40.0 Å². The Balaban J connectivity index is 1.29. The predicted molar refractivity (Wildman–Crippen MR) is 158 cm³/mol. The molecule has 8 rings (SSSR count). The number of piperazine rings is 1. The molecule has 1 heterocycles. The van der Waals surface area contributed by atoms with Gasteiger partial charge in [0.2, 0.25) is 5.91 Å². The fourth-order valence-electron chi connectivity index (χ4n) is 10.9. The summed E-state index contributed by atoms with van der Waals surface area (Å²) in [6, 6.07) is 9.70. The van der Waals surface area contributed by atoms with Crippen molar-refractivity contribution in [1.29, 1.82) is 0 Å². The van der Waals surface area contributed by atoms with Gasteiger partial charge in [-0.2, -0.15) is 0 Å². The number of hydrogen-bond acceptors (Lipinski definition) is 5. The SMILES string of the molecule is CC(=O)N1CCN(CC2(O)CCC3C45C=CC6(C=C4C(=O)c4ccccc4)CC(O)CCC6(C)C5CCC32C)CC1. The van der Waals surface area contributed by atoms with Crippen LogP contribution in [0.25, 0.3) is 0 Å². The minimum Gasteiger partial charge on any atom is -0.393 e. The first kappa shape index (κ1) is 27.5. The van der Waals surface area contributed by atoms with E-state index in [9.17, 15) is 19.8 Å². The van der Waals surface area contributed by atoms with Crippen molar-refractivity contribution >= 4 is 11.7 Å². The fraction of sp³-hybridized carbons (Fsp3) is 0.657. The van der Waals surface area contributed by atoms with Crippen LogP contribution in [0.3, 0.4) is 0 Å². The molecule has 4 fully saturated rings. The summed E-state index contributed by atoms with van der Waals surface area (Å²) in [6.45, 7) is 10.00. The third-order valence-corrected chi connectivity index (χ3v) is 13.3. The number of benzene rings is 1. The van der Waals surface area contributed by atoms with E-state index >= 15 is 0 Å². The molecule has 0 radical (unpaired) electrons. The summed E-state index contributed by atoms with van der Waals surface area (Å²) in [7, 11) is 0. The number of fused-ring (bicyclic) bond motifs is 1. The Labute approximate surface area is 244 Å². The van der Waals surface area contributed by atoms with Crippen molar-refractivity contribution in [3.63, 3.8) is 0 Å². The lowest BCUT2D eigenvalue weighted by Gasteiger charge is -2.71. The van der Waals surface area contributed by atoms with Crippen molar-refractivity contribution in [3.05, 3.63) is 59.7 Å². The van der Waals surface area contributed by atoms with E-state index in [0.717, 1.165) is 62.8 Å². The largest absolute Gasteiger partial charge is 0.393 e. The van der Waals surface area contributed by atoms with Gasteiger partial charge in [-0.1, -0.05) is 62.4 Å². The van der Waals surface area contributed by atoms with E-state index in [1.165, 1.54) is 0 Å². The van der Waals surface area contributed by atoms with E-state index in [1.807, 2.05) is 35.2 Å². The molecule has 1 aliphatic heterocycles. The number of rotatable bonds is 4. The third kappa shape index (κ3) is 3.59. The van der Waals surface area contributed by atoms with Crippen LogP contribution in [-0.2, 0) is 4.79 Å². The topological polar surface area (TPSA) is 81.1 Å². The monoisotopic (exact) mass is 558 g/mol. The number of carbonyl (C=O) groups excluding carboxylic acids is 2. The number of β-amino-alcohol motifs (C(OH)–C–C–N with tert-alkyl or cyclic N) is 1. The summed E-state index contributed by atoms with van der Waals surface area (Å²) in [5, 5.41) is 23.4. The zero-order valence-corrected chi connectivity index (χ0v) is 24.9. The molecule has 41 heavy (non-hydrogen) atoms. The molecule has 1 saturated heterocycles. The molecule has 7 aliphatic rings. The maximum Gasteiger partial charge on any atom is 0.219 e. The quantitative estimate of drug-likeness (QED) is 0.416. The summed E-state index contributed by atoms with van der Waals surface area (Å²) >= 11 is 0. The Morgan fingerprint density at radius 1 is 0.902 bits per heavy atom. The summed E-state index contributed by atoms with van der Waals surface area (Å²) in [5.41, 5.74) is -0.285. The molecule has 2 bridgehead atoms. The van der Waals surface area contributed by atoms with Crippen LogP contribution in [0.15, 0.2) is 54.1 Å². The lowest BCUT2D eigenvalue weighted by Crippen LogP contribution is -2.67. The average Bonchev–Trinajstić information content (AvgIpc) is 3.23. The number of aliphatic hydroxyl groups excluding tert-OH is 1. The molecule has 220 valence electrons. The van der Waals surface area contributed by atoms with E-state index < -0.39 is 11.0 Å². The van der Waals surface area contributed by atoms with Gasteiger partial charge >= 0.3 is 0 Å². The highest BCUT2D eigenvalue weighted by atomic mass is 16.3. The number of aliphatic hydroxyl groups is 2.